The van der Waals surface area contributed by atoms with Crippen LogP contribution < -0.4 is 10.2 Å². The second kappa shape index (κ2) is 5.61. The highest BCUT2D eigenvalue weighted by atomic mass is 15.3. The Kier molecular flexibility index (Phi) is 3.88. The zero-order valence-corrected chi connectivity index (χ0v) is 9.52. The fraction of sp³-hybridized carbons (Fsp3) is 0.500. The van der Waals surface area contributed by atoms with Crippen molar-refractivity contribution in [3.8, 4) is 0 Å². The highest BCUT2D eigenvalue weighted by molar-refractivity contribution is 5.30. The maximum absolute atomic E-state index is 4.39. The predicted molar refractivity (Wildman–Crippen MR) is 65.4 cm³/mol. The molecule has 1 fully saturated rings. The fourth-order valence-corrected chi connectivity index (χ4v) is 1.84. The van der Waals surface area contributed by atoms with Gasteiger partial charge >= 0.3 is 0 Å². The molecule has 86 valence electrons. The van der Waals surface area contributed by atoms with E-state index in [1.807, 2.05) is 18.5 Å². The highest BCUT2D eigenvalue weighted by Crippen LogP contribution is 2.14. The number of anilines is 1. The van der Waals surface area contributed by atoms with Gasteiger partial charge in [0.2, 0.25) is 5.95 Å². The molecule has 1 aromatic rings. The lowest BCUT2D eigenvalue weighted by atomic mass is 10.3. The minimum atomic E-state index is 0.798. The molecule has 0 atom stereocenters. The summed E-state index contributed by atoms with van der Waals surface area (Å²) in [5.74, 6) is 0.866. The van der Waals surface area contributed by atoms with Crippen molar-refractivity contribution < 1.29 is 0 Å². The first kappa shape index (κ1) is 11.1. The van der Waals surface area contributed by atoms with Gasteiger partial charge in [0.25, 0.3) is 0 Å². The number of nitrogens with one attached hydrogen (secondary N) is 1. The van der Waals surface area contributed by atoms with Gasteiger partial charge in [0.15, 0.2) is 0 Å². The Morgan fingerprint density at radius 1 is 1.31 bits per heavy atom. The molecule has 0 amide bonds. The standard InChI is InChI=1S/C12H18N4/c1-2-5-13-8-11-9-14-12(15-10-11)16-6-3-4-7-16/h2,9-10,13H,1,3-8H2. The Bertz CT molecular complexity index is 327. The molecular formula is C12H18N4. The summed E-state index contributed by atoms with van der Waals surface area (Å²) in [5.41, 5.74) is 1.12. The summed E-state index contributed by atoms with van der Waals surface area (Å²) in [6, 6.07) is 0. The molecule has 2 heterocycles. The summed E-state index contributed by atoms with van der Waals surface area (Å²) >= 11 is 0. The molecule has 4 nitrogen and oxygen atoms in total. The SMILES string of the molecule is C=CCNCc1cnc(N2CCCC2)nc1. The van der Waals surface area contributed by atoms with Crippen LogP contribution in [0.15, 0.2) is 25.0 Å². The van der Waals surface area contributed by atoms with Crippen molar-refractivity contribution in [3.63, 3.8) is 0 Å². The fourth-order valence-electron chi connectivity index (χ4n) is 1.84. The Morgan fingerprint density at radius 3 is 2.62 bits per heavy atom. The maximum Gasteiger partial charge on any atom is 0.225 e. The van der Waals surface area contributed by atoms with Crippen LogP contribution in [-0.2, 0) is 6.54 Å². The van der Waals surface area contributed by atoms with Gasteiger partial charge in [-0.2, -0.15) is 0 Å². The van der Waals surface area contributed by atoms with Crippen molar-refractivity contribution >= 4 is 5.95 Å². The average Bonchev–Trinajstić information content (AvgIpc) is 2.84. The Labute approximate surface area is 96.4 Å². The molecule has 0 bridgehead atoms. The van der Waals surface area contributed by atoms with Crippen molar-refractivity contribution in [1.82, 2.24) is 15.3 Å². The molecule has 1 saturated heterocycles. The van der Waals surface area contributed by atoms with Gasteiger partial charge in [-0.05, 0) is 12.8 Å². The monoisotopic (exact) mass is 218 g/mol. The number of rotatable bonds is 5. The molecule has 16 heavy (non-hydrogen) atoms. The molecule has 0 aliphatic carbocycles. The van der Waals surface area contributed by atoms with E-state index in [9.17, 15) is 0 Å². The summed E-state index contributed by atoms with van der Waals surface area (Å²) < 4.78 is 0. The molecule has 1 aromatic heterocycles. The number of hydrogen-bond acceptors (Lipinski definition) is 4. The molecule has 0 aromatic carbocycles. The summed E-state index contributed by atoms with van der Waals surface area (Å²) in [7, 11) is 0. The van der Waals surface area contributed by atoms with Crippen LogP contribution in [0.3, 0.4) is 0 Å². The van der Waals surface area contributed by atoms with Gasteiger partial charge in [0.1, 0.15) is 0 Å². The molecule has 1 N–H and O–H groups in total. The van der Waals surface area contributed by atoms with E-state index in [0.29, 0.717) is 0 Å². The lowest BCUT2D eigenvalue weighted by molar-refractivity contribution is 0.750. The molecule has 1 aliphatic heterocycles. The number of aromatic nitrogens is 2. The molecule has 2 rings (SSSR count). The molecule has 0 radical (unpaired) electrons. The second-order valence-corrected chi connectivity index (χ2v) is 4.01. The van der Waals surface area contributed by atoms with E-state index in [1.54, 1.807) is 0 Å². The first-order valence-corrected chi connectivity index (χ1v) is 5.77. The molecule has 0 saturated carbocycles. The Morgan fingerprint density at radius 2 is 2.00 bits per heavy atom. The van der Waals surface area contributed by atoms with Crippen LogP contribution in [-0.4, -0.2) is 29.6 Å². The van der Waals surface area contributed by atoms with Gasteiger partial charge in [-0.1, -0.05) is 6.08 Å². The summed E-state index contributed by atoms with van der Waals surface area (Å²) in [4.78, 5) is 11.0. The first-order valence-electron chi connectivity index (χ1n) is 5.77. The van der Waals surface area contributed by atoms with E-state index in [1.165, 1.54) is 12.8 Å². The van der Waals surface area contributed by atoms with Crippen LogP contribution in [0.4, 0.5) is 5.95 Å². The molecular weight excluding hydrogens is 200 g/mol. The summed E-state index contributed by atoms with van der Waals surface area (Å²) in [6.07, 6.45) is 8.16. The third-order valence-corrected chi connectivity index (χ3v) is 2.70. The maximum atomic E-state index is 4.39. The lowest BCUT2D eigenvalue weighted by Gasteiger charge is -2.14. The van der Waals surface area contributed by atoms with Crippen LogP contribution in [0.2, 0.25) is 0 Å². The summed E-state index contributed by atoms with van der Waals surface area (Å²) in [5, 5.41) is 3.23. The molecule has 1 aliphatic rings. The van der Waals surface area contributed by atoms with E-state index in [2.05, 4.69) is 26.8 Å². The average molecular weight is 218 g/mol. The predicted octanol–water partition coefficient (Wildman–Crippen LogP) is 1.35. The van der Waals surface area contributed by atoms with Crippen LogP contribution in [0.5, 0.6) is 0 Å². The van der Waals surface area contributed by atoms with Gasteiger partial charge in [0, 0.05) is 44.1 Å². The van der Waals surface area contributed by atoms with Crippen molar-refractivity contribution in [3.05, 3.63) is 30.6 Å². The van der Waals surface area contributed by atoms with Gasteiger partial charge in [-0.15, -0.1) is 6.58 Å². The topological polar surface area (TPSA) is 41.1 Å². The quantitative estimate of drug-likeness (QED) is 0.598. The zero-order valence-electron chi connectivity index (χ0n) is 9.52. The van der Waals surface area contributed by atoms with E-state index < -0.39 is 0 Å². The van der Waals surface area contributed by atoms with Crippen LogP contribution in [0, 0.1) is 0 Å². The smallest absolute Gasteiger partial charge is 0.225 e. The van der Waals surface area contributed by atoms with E-state index in [4.69, 9.17) is 0 Å². The third kappa shape index (κ3) is 2.79. The Hall–Kier alpha value is -1.42. The number of hydrogen-bond donors (Lipinski definition) is 1. The van der Waals surface area contributed by atoms with Gasteiger partial charge < -0.3 is 10.2 Å². The zero-order chi connectivity index (χ0) is 11.2. The van der Waals surface area contributed by atoms with Crippen LogP contribution >= 0.6 is 0 Å². The van der Waals surface area contributed by atoms with Crippen LogP contribution in [0.25, 0.3) is 0 Å². The lowest BCUT2D eigenvalue weighted by Crippen LogP contribution is -2.20. The van der Waals surface area contributed by atoms with E-state index >= 15 is 0 Å². The van der Waals surface area contributed by atoms with Gasteiger partial charge in [-0.3, -0.25) is 0 Å². The van der Waals surface area contributed by atoms with Crippen molar-refractivity contribution in [2.45, 2.75) is 19.4 Å². The third-order valence-electron chi connectivity index (χ3n) is 2.70. The van der Waals surface area contributed by atoms with Gasteiger partial charge in [0.05, 0.1) is 0 Å². The summed E-state index contributed by atoms with van der Waals surface area (Å²) in [6.45, 7) is 7.45. The highest BCUT2D eigenvalue weighted by Gasteiger charge is 2.14. The minimum Gasteiger partial charge on any atom is -0.341 e. The second-order valence-electron chi connectivity index (χ2n) is 4.01. The largest absolute Gasteiger partial charge is 0.341 e. The molecule has 0 spiro atoms. The normalized spacial score (nSPS) is 15.4. The van der Waals surface area contributed by atoms with Crippen molar-refractivity contribution in [2.75, 3.05) is 24.5 Å². The first-order chi connectivity index (χ1) is 7.90. The van der Waals surface area contributed by atoms with E-state index in [-0.39, 0.29) is 0 Å². The van der Waals surface area contributed by atoms with Gasteiger partial charge in [-0.25, -0.2) is 9.97 Å². The van der Waals surface area contributed by atoms with Crippen LogP contribution in [0.1, 0.15) is 18.4 Å². The Balaban J connectivity index is 1.90. The minimum absolute atomic E-state index is 0.798. The molecule has 4 heteroatoms. The van der Waals surface area contributed by atoms with E-state index in [0.717, 1.165) is 37.7 Å². The number of nitrogens with zero attached hydrogens (tertiary/aromatic N) is 3. The van der Waals surface area contributed by atoms with Crippen molar-refractivity contribution in [1.29, 1.82) is 0 Å². The molecule has 0 unspecified atom stereocenters. The van der Waals surface area contributed by atoms with Crippen molar-refractivity contribution in [2.24, 2.45) is 0 Å².